The number of aliphatic imine (C=N–C) groups is 1. The van der Waals surface area contributed by atoms with Crippen LogP contribution in [0.15, 0.2) is 4.99 Å². The standard InChI is InChI=1S/C15H30N4.HI/c1-4-18(3)12-10-17-14(16-2)19-11-9-15(13-19)7-5-6-8-15;/h4-13H2,1-3H3,(H,16,17);1H. The lowest BCUT2D eigenvalue weighted by molar-refractivity contribution is 0.307. The Balaban J connectivity index is 0.00000200. The number of hydrogen-bond donors (Lipinski definition) is 1. The largest absolute Gasteiger partial charge is 0.355 e. The summed E-state index contributed by atoms with van der Waals surface area (Å²) in [5, 5.41) is 3.52. The molecule has 2 rings (SSSR count). The number of guanidine groups is 1. The summed E-state index contributed by atoms with van der Waals surface area (Å²) in [6.07, 6.45) is 7.09. The normalized spacial score (nSPS) is 21.6. The monoisotopic (exact) mass is 394 g/mol. The highest BCUT2D eigenvalue weighted by atomic mass is 127. The fraction of sp³-hybridized carbons (Fsp3) is 0.933. The fourth-order valence-electron chi connectivity index (χ4n) is 3.50. The van der Waals surface area contributed by atoms with E-state index in [1.54, 1.807) is 0 Å². The second-order valence-electron chi connectivity index (χ2n) is 6.25. The van der Waals surface area contributed by atoms with Crippen molar-refractivity contribution in [2.24, 2.45) is 10.4 Å². The zero-order chi connectivity index (χ0) is 13.7. The number of hydrogen-bond acceptors (Lipinski definition) is 2. The van der Waals surface area contributed by atoms with E-state index < -0.39 is 0 Å². The Hall–Kier alpha value is -0.0400. The van der Waals surface area contributed by atoms with E-state index in [-0.39, 0.29) is 24.0 Å². The number of nitrogens with one attached hydrogen (secondary N) is 1. The summed E-state index contributed by atoms with van der Waals surface area (Å²) in [4.78, 5) is 9.25. The van der Waals surface area contributed by atoms with Gasteiger partial charge in [-0.15, -0.1) is 24.0 Å². The predicted molar refractivity (Wildman–Crippen MR) is 97.0 cm³/mol. The average molecular weight is 394 g/mol. The molecule has 0 aromatic rings. The Bertz CT molecular complexity index is 313. The number of likely N-dealkylation sites (tertiary alicyclic amines) is 1. The number of likely N-dealkylation sites (N-methyl/N-ethyl adjacent to an activating group) is 1. The van der Waals surface area contributed by atoms with Crippen molar-refractivity contribution < 1.29 is 0 Å². The van der Waals surface area contributed by atoms with Crippen LogP contribution in [0.25, 0.3) is 0 Å². The molecule has 1 saturated heterocycles. The van der Waals surface area contributed by atoms with Crippen molar-refractivity contribution in [2.75, 3.05) is 46.8 Å². The van der Waals surface area contributed by atoms with Crippen LogP contribution in [0.1, 0.15) is 39.0 Å². The molecule has 0 unspecified atom stereocenters. The predicted octanol–water partition coefficient (Wildman–Crippen LogP) is 2.40. The van der Waals surface area contributed by atoms with Gasteiger partial charge in [0.1, 0.15) is 0 Å². The van der Waals surface area contributed by atoms with Gasteiger partial charge in [-0.25, -0.2) is 0 Å². The zero-order valence-electron chi connectivity index (χ0n) is 13.3. The molecular weight excluding hydrogens is 363 g/mol. The quantitative estimate of drug-likeness (QED) is 0.451. The van der Waals surface area contributed by atoms with Crippen LogP contribution in [0, 0.1) is 5.41 Å². The minimum atomic E-state index is 0. The molecule has 1 heterocycles. The molecule has 1 aliphatic carbocycles. The van der Waals surface area contributed by atoms with E-state index in [1.807, 2.05) is 7.05 Å². The zero-order valence-corrected chi connectivity index (χ0v) is 15.7. The molecule has 1 spiro atoms. The topological polar surface area (TPSA) is 30.9 Å². The van der Waals surface area contributed by atoms with Crippen LogP contribution in [0.2, 0.25) is 0 Å². The van der Waals surface area contributed by atoms with Gasteiger partial charge >= 0.3 is 0 Å². The fourth-order valence-corrected chi connectivity index (χ4v) is 3.50. The van der Waals surface area contributed by atoms with Crippen LogP contribution in [0.3, 0.4) is 0 Å². The van der Waals surface area contributed by atoms with E-state index in [1.165, 1.54) is 45.2 Å². The molecule has 0 atom stereocenters. The van der Waals surface area contributed by atoms with Crippen molar-refractivity contribution in [3.05, 3.63) is 0 Å². The molecule has 0 aromatic carbocycles. The van der Waals surface area contributed by atoms with Crippen LogP contribution >= 0.6 is 24.0 Å². The number of halogens is 1. The van der Waals surface area contributed by atoms with Gasteiger partial charge < -0.3 is 15.1 Å². The van der Waals surface area contributed by atoms with Gasteiger partial charge in [-0.05, 0) is 38.3 Å². The molecule has 0 bridgehead atoms. The summed E-state index contributed by atoms with van der Waals surface area (Å²) < 4.78 is 0. The van der Waals surface area contributed by atoms with Gasteiger partial charge in [0, 0.05) is 33.2 Å². The molecule has 5 heteroatoms. The summed E-state index contributed by atoms with van der Waals surface area (Å²) in [6, 6.07) is 0. The van der Waals surface area contributed by atoms with E-state index in [0.717, 1.165) is 25.6 Å². The Kier molecular flexibility index (Phi) is 7.58. The molecule has 20 heavy (non-hydrogen) atoms. The summed E-state index contributed by atoms with van der Waals surface area (Å²) in [5.74, 6) is 1.10. The third-order valence-corrected chi connectivity index (χ3v) is 4.93. The molecule has 0 aromatic heterocycles. The Labute approximate surface area is 141 Å². The first-order valence-corrected chi connectivity index (χ1v) is 7.83. The third kappa shape index (κ3) is 4.48. The van der Waals surface area contributed by atoms with Crippen molar-refractivity contribution in [2.45, 2.75) is 39.0 Å². The average Bonchev–Trinajstić information content (AvgIpc) is 3.05. The second-order valence-corrected chi connectivity index (χ2v) is 6.25. The summed E-state index contributed by atoms with van der Waals surface area (Å²) in [5.41, 5.74) is 0.623. The minimum Gasteiger partial charge on any atom is -0.355 e. The van der Waals surface area contributed by atoms with Gasteiger partial charge in [-0.2, -0.15) is 0 Å². The first-order valence-electron chi connectivity index (χ1n) is 7.83. The van der Waals surface area contributed by atoms with Gasteiger partial charge in [0.05, 0.1) is 0 Å². The van der Waals surface area contributed by atoms with Crippen LogP contribution in [-0.4, -0.2) is 62.6 Å². The maximum Gasteiger partial charge on any atom is 0.193 e. The van der Waals surface area contributed by atoms with Crippen molar-refractivity contribution in [1.29, 1.82) is 0 Å². The molecule has 1 aliphatic heterocycles. The molecular formula is C15H31IN4. The second kappa shape index (κ2) is 8.41. The first kappa shape index (κ1) is 18.0. The van der Waals surface area contributed by atoms with Crippen molar-refractivity contribution >= 4 is 29.9 Å². The van der Waals surface area contributed by atoms with E-state index in [2.05, 4.69) is 34.1 Å². The summed E-state index contributed by atoms with van der Waals surface area (Å²) in [6.45, 7) is 7.76. The van der Waals surface area contributed by atoms with Gasteiger partial charge in [-0.1, -0.05) is 19.8 Å². The molecule has 2 aliphatic rings. The van der Waals surface area contributed by atoms with Crippen molar-refractivity contribution in [3.8, 4) is 0 Å². The third-order valence-electron chi connectivity index (χ3n) is 4.93. The lowest BCUT2D eigenvalue weighted by Crippen LogP contribution is -2.43. The molecule has 1 saturated carbocycles. The molecule has 2 fully saturated rings. The van der Waals surface area contributed by atoms with Crippen LogP contribution < -0.4 is 5.32 Å². The van der Waals surface area contributed by atoms with Gasteiger partial charge in [0.15, 0.2) is 5.96 Å². The highest BCUT2D eigenvalue weighted by molar-refractivity contribution is 14.0. The molecule has 1 N–H and O–H groups in total. The van der Waals surface area contributed by atoms with Gasteiger partial charge in [-0.3, -0.25) is 4.99 Å². The maximum atomic E-state index is 4.46. The molecule has 0 amide bonds. The Morgan fingerprint density at radius 3 is 2.60 bits per heavy atom. The Morgan fingerprint density at radius 2 is 2.00 bits per heavy atom. The molecule has 118 valence electrons. The maximum absolute atomic E-state index is 4.46. The van der Waals surface area contributed by atoms with Crippen molar-refractivity contribution in [3.63, 3.8) is 0 Å². The van der Waals surface area contributed by atoms with E-state index in [0.29, 0.717) is 5.41 Å². The molecule has 4 nitrogen and oxygen atoms in total. The van der Waals surface area contributed by atoms with E-state index in [9.17, 15) is 0 Å². The molecule has 0 radical (unpaired) electrons. The van der Waals surface area contributed by atoms with Gasteiger partial charge in [0.25, 0.3) is 0 Å². The van der Waals surface area contributed by atoms with E-state index in [4.69, 9.17) is 0 Å². The summed E-state index contributed by atoms with van der Waals surface area (Å²) in [7, 11) is 4.07. The summed E-state index contributed by atoms with van der Waals surface area (Å²) >= 11 is 0. The first-order chi connectivity index (χ1) is 9.19. The van der Waals surface area contributed by atoms with Gasteiger partial charge in [0.2, 0.25) is 0 Å². The van der Waals surface area contributed by atoms with E-state index >= 15 is 0 Å². The lowest BCUT2D eigenvalue weighted by atomic mass is 9.86. The van der Waals surface area contributed by atoms with Crippen LogP contribution in [0.5, 0.6) is 0 Å². The number of nitrogens with zero attached hydrogens (tertiary/aromatic N) is 3. The van der Waals surface area contributed by atoms with Crippen molar-refractivity contribution in [1.82, 2.24) is 15.1 Å². The smallest absolute Gasteiger partial charge is 0.193 e. The SMILES string of the molecule is CCN(C)CCNC(=NC)N1CCC2(CCCC2)C1.I. The van der Waals surface area contributed by atoms with Crippen LogP contribution in [-0.2, 0) is 0 Å². The highest BCUT2D eigenvalue weighted by Crippen LogP contribution is 2.45. The van der Waals surface area contributed by atoms with Crippen LogP contribution in [0.4, 0.5) is 0 Å². The minimum absolute atomic E-state index is 0. The highest BCUT2D eigenvalue weighted by Gasteiger charge is 2.40. The lowest BCUT2D eigenvalue weighted by Gasteiger charge is -2.26. The number of rotatable bonds is 4. The Morgan fingerprint density at radius 1 is 1.30 bits per heavy atom.